The number of nitrogens with zero attached hydrogens (tertiary/aromatic N) is 2. The van der Waals surface area contributed by atoms with Gasteiger partial charge in [0.25, 0.3) is 0 Å². The highest BCUT2D eigenvalue weighted by Crippen LogP contribution is 1.98. The largest absolute Gasteiger partial charge is 0.445 e. The van der Waals surface area contributed by atoms with E-state index >= 15 is 0 Å². The molecule has 0 saturated carbocycles. The quantitative estimate of drug-likeness (QED) is 0.490. The van der Waals surface area contributed by atoms with Crippen molar-refractivity contribution >= 4 is 5.97 Å². The highest BCUT2D eigenvalue weighted by Gasteiger charge is 2.07. The minimum atomic E-state index is -0.548. The van der Waals surface area contributed by atoms with Crippen LogP contribution in [-0.4, -0.2) is 22.9 Å². The highest BCUT2D eigenvalue weighted by atomic mass is 16.5. The van der Waals surface area contributed by atoms with Gasteiger partial charge in [-0.25, -0.2) is 4.79 Å². The molecule has 1 aromatic rings. The Bertz CT molecular complexity index is 288. The van der Waals surface area contributed by atoms with Crippen LogP contribution in [0.25, 0.3) is 0 Å². The highest BCUT2D eigenvalue weighted by molar-refractivity contribution is 5.87. The van der Waals surface area contributed by atoms with E-state index in [-0.39, 0.29) is 12.4 Å². The van der Waals surface area contributed by atoms with Crippen LogP contribution in [0.2, 0.25) is 0 Å². The zero-order valence-electron chi connectivity index (χ0n) is 6.65. The molecule has 0 aliphatic carbocycles. The van der Waals surface area contributed by atoms with Crippen LogP contribution in [0.1, 0.15) is 16.1 Å². The summed E-state index contributed by atoms with van der Waals surface area (Å²) in [5, 5.41) is 7.17. The average Bonchev–Trinajstić information content (AvgIpc) is 2.05. The first-order chi connectivity index (χ1) is 5.74. The Morgan fingerprint density at radius 2 is 2.50 bits per heavy atom. The molecule has 1 heterocycles. The number of esters is 1. The molecule has 0 fully saturated rings. The Hall–Kier alpha value is -1.49. The van der Waals surface area contributed by atoms with Crippen molar-refractivity contribution in [2.45, 2.75) is 6.92 Å². The fourth-order valence-electron chi connectivity index (χ4n) is 0.713. The summed E-state index contributed by atoms with van der Waals surface area (Å²) in [6.45, 7) is 1.67. The summed E-state index contributed by atoms with van der Waals surface area (Å²) in [6, 6.07) is 1.59. The SMILES string of the molecule is Cc1cnnc(C(=O)OCN)c1. The molecule has 5 heteroatoms. The van der Waals surface area contributed by atoms with Crippen molar-refractivity contribution < 1.29 is 9.53 Å². The average molecular weight is 167 g/mol. The minimum absolute atomic E-state index is 0.144. The maximum absolute atomic E-state index is 11.0. The number of carbonyl (C=O) groups excluding carboxylic acids is 1. The van der Waals surface area contributed by atoms with Gasteiger partial charge in [0.15, 0.2) is 5.69 Å². The van der Waals surface area contributed by atoms with E-state index in [0.29, 0.717) is 0 Å². The first-order valence-corrected chi connectivity index (χ1v) is 3.40. The van der Waals surface area contributed by atoms with Crippen molar-refractivity contribution in [3.05, 3.63) is 23.5 Å². The van der Waals surface area contributed by atoms with E-state index in [4.69, 9.17) is 5.73 Å². The van der Waals surface area contributed by atoms with Crippen molar-refractivity contribution in [1.82, 2.24) is 10.2 Å². The molecule has 0 atom stereocenters. The summed E-state index contributed by atoms with van der Waals surface area (Å²) >= 11 is 0. The topological polar surface area (TPSA) is 78.1 Å². The van der Waals surface area contributed by atoms with Crippen molar-refractivity contribution in [1.29, 1.82) is 0 Å². The lowest BCUT2D eigenvalue weighted by atomic mass is 10.3. The summed E-state index contributed by atoms with van der Waals surface area (Å²) in [6.07, 6.45) is 1.55. The second kappa shape index (κ2) is 3.77. The summed E-state index contributed by atoms with van der Waals surface area (Å²) in [4.78, 5) is 11.0. The summed E-state index contributed by atoms with van der Waals surface area (Å²) < 4.78 is 4.52. The molecule has 0 radical (unpaired) electrons. The Morgan fingerprint density at radius 3 is 3.08 bits per heavy atom. The van der Waals surface area contributed by atoms with Gasteiger partial charge in [-0.3, -0.25) is 5.73 Å². The van der Waals surface area contributed by atoms with Gasteiger partial charge in [0.05, 0.1) is 6.20 Å². The smallest absolute Gasteiger partial charge is 0.360 e. The number of ether oxygens (including phenoxy) is 1. The maximum atomic E-state index is 11.0. The Labute approximate surface area is 69.5 Å². The minimum Gasteiger partial charge on any atom is -0.445 e. The van der Waals surface area contributed by atoms with Crippen molar-refractivity contribution in [2.24, 2.45) is 5.73 Å². The van der Waals surface area contributed by atoms with E-state index in [1.807, 2.05) is 6.92 Å². The maximum Gasteiger partial charge on any atom is 0.360 e. The predicted octanol–water partition coefficient (Wildman–Crippen LogP) is -0.142. The Balaban J connectivity index is 2.81. The summed E-state index contributed by atoms with van der Waals surface area (Å²) in [5.74, 6) is -0.548. The zero-order valence-corrected chi connectivity index (χ0v) is 6.65. The lowest BCUT2D eigenvalue weighted by Gasteiger charge is -1.99. The first kappa shape index (κ1) is 8.61. The third-order valence-corrected chi connectivity index (χ3v) is 1.21. The normalized spacial score (nSPS) is 9.50. The second-order valence-electron chi connectivity index (χ2n) is 2.22. The third kappa shape index (κ3) is 2.00. The van der Waals surface area contributed by atoms with Gasteiger partial charge < -0.3 is 4.74 Å². The predicted molar refractivity (Wildman–Crippen MR) is 41.2 cm³/mol. The lowest BCUT2D eigenvalue weighted by molar-refractivity contribution is 0.0507. The fourth-order valence-corrected chi connectivity index (χ4v) is 0.713. The van der Waals surface area contributed by atoms with Gasteiger partial charge in [-0.2, -0.15) is 5.10 Å². The molecule has 0 unspecified atom stereocenters. The van der Waals surface area contributed by atoms with Crippen LogP contribution in [0.3, 0.4) is 0 Å². The molecular weight excluding hydrogens is 158 g/mol. The van der Waals surface area contributed by atoms with E-state index in [9.17, 15) is 4.79 Å². The molecule has 0 saturated heterocycles. The number of hydrogen-bond acceptors (Lipinski definition) is 5. The Kier molecular flexibility index (Phi) is 2.71. The van der Waals surface area contributed by atoms with Gasteiger partial charge in [0, 0.05) is 0 Å². The van der Waals surface area contributed by atoms with E-state index in [2.05, 4.69) is 14.9 Å². The molecule has 0 aliphatic rings. The van der Waals surface area contributed by atoms with E-state index < -0.39 is 5.97 Å². The first-order valence-electron chi connectivity index (χ1n) is 3.40. The van der Waals surface area contributed by atoms with E-state index in [0.717, 1.165) is 5.56 Å². The van der Waals surface area contributed by atoms with Gasteiger partial charge in [0.1, 0.15) is 6.73 Å². The van der Waals surface area contributed by atoms with Crippen molar-refractivity contribution in [3.63, 3.8) is 0 Å². The lowest BCUT2D eigenvalue weighted by Crippen LogP contribution is -2.14. The number of aryl methyl sites for hydroxylation is 1. The number of hydrogen-bond donors (Lipinski definition) is 1. The number of nitrogens with two attached hydrogens (primary N) is 1. The second-order valence-corrected chi connectivity index (χ2v) is 2.22. The van der Waals surface area contributed by atoms with Crippen LogP contribution in [0.5, 0.6) is 0 Å². The van der Waals surface area contributed by atoms with Crippen LogP contribution in [-0.2, 0) is 4.74 Å². The fraction of sp³-hybridized carbons (Fsp3) is 0.286. The van der Waals surface area contributed by atoms with Gasteiger partial charge >= 0.3 is 5.97 Å². The van der Waals surface area contributed by atoms with E-state index in [1.165, 1.54) is 0 Å². The van der Waals surface area contributed by atoms with Crippen molar-refractivity contribution in [3.8, 4) is 0 Å². The van der Waals surface area contributed by atoms with E-state index in [1.54, 1.807) is 12.3 Å². The molecule has 5 nitrogen and oxygen atoms in total. The molecule has 0 amide bonds. The third-order valence-electron chi connectivity index (χ3n) is 1.21. The van der Waals surface area contributed by atoms with Crippen LogP contribution in [0.15, 0.2) is 12.3 Å². The summed E-state index contributed by atoms with van der Waals surface area (Å²) in [5.41, 5.74) is 6.05. The molecule has 1 rings (SSSR count). The zero-order chi connectivity index (χ0) is 8.97. The summed E-state index contributed by atoms with van der Waals surface area (Å²) in [7, 11) is 0. The van der Waals surface area contributed by atoms with Crippen LogP contribution in [0, 0.1) is 6.92 Å². The molecule has 2 N–H and O–H groups in total. The van der Waals surface area contributed by atoms with Gasteiger partial charge in [0.2, 0.25) is 0 Å². The van der Waals surface area contributed by atoms with Crippen LogP contribution < -0.4 is 5.73 Å². The molecule has 0 spiro atoms. The van der Waals surface area contributed by atoms with Gasteiger partial charge in [-0.15, -0.1) is 5.10 Å². The molecule has 12 heavy (non-hydrogen) atoms. The monoisotopic (exact) mass is 167 g/mol. The van der Waals surface area contributed by atoms with Crippen LogP contribution in [0.4, 0.5) is 0 Å². The molecule has 64 valence electrons. The van der Waals surface area contributed by atoms with Crippen LogP contribution >= 0.6 is 0 Å². The number of rotatable bonds is 2. The Morgan fingerprint density at radius 1 is 1.75 bits per heavy atom. The van der Waals surface area contributed by atoms with Gasteiger partial charge in [-0.05, 0) is 18.6 Å². The molecule has 0 aromatic carbocycles. The standard InChI is InChI=1S/C7H9N3O2/c1-5-2-6(10-9-3-5)7(11)12-4-8/h2-3H,4,8H2,1H3. The molecule has 0 aliphatic heterocycles. The molecule has 0 bridgehead atoms. The van der Waals surface area contributed by atoms with Gasteiger partial charge in [-0.1, -0.05) is 0 Å². The van der Waals surface area contributed by atoms with Crippen molar-refractivity contribution in [2.75, 3.05) is 6.73 Å². The molecular formula is C7H9N3O2. The molecule has 1 aromatic heterocycles. The number of aromatic nitrogens is 2. The number of carbonyl (C=O) groups is 1.